The molecule has 1 fully saturated rings. The average Bonchev–Trinajstić information content (AvgIpc) is 2.99. The van der Waals surface area contributed by atoms with E-state index < -0.39 is 0 Å². The first-order chi connectivity index (χ1) is 15.0. The molecule has 0 spiro atoms. The molecule has 0 bridgehead atoms. The number of nitrogens with one attached hydrogen (secondary N) is 1. The molecule has 0 saturated heterocycles. The van der Waals surface area contributed by atoms with Crippen molar-refractivity contribution >= 4 is 12.3 Å². The maximum atomic E-state index is 12.8. The number of hydrogen-bond donors (Lipinski definition) is 1. The lowest BCUT2D eigenvalue weighted by Crippen LogP contribution is -2.54. The SMILES string of the molecule is CCCN1C(=O)c2ccc(-c3ccccc3)n2CC1(C)C.O=CNC1CCCCCC1. The highest BCUT2D eigenvalue weighted by molar-refractivity contribution is 5.95. The van der Waals surface area contributed by atoms with E-state index in [1.807, 2.05) is 29.2 Å². The van der Waals surface area contributed by atoms with Crippen molar-refractivity contribution in [1.29, 1.82) is 0 Å². The van der Waals surface area contributed by atoms with Gasteiger partial charge in [0.25, 0.3) is 5.91 Å². The molecule has 1 aliphatic carbocycles. The second-order valence-electron chi connectivity index (χ2n) is 9.30. The van der Waals surface area contributed by atoms with Crippen LogP contribution in [0.1, 0.15) is 76.2 Å². The Morgan fingerprint density at radius 3 is 2.26 bits per heavy atom. The molecule has 1 N–H and O–H groups in total. The third kappa shape index (κ3) is 5.57. The minimum absolute atomic E-state index is 0.148. The van der Waals surface area contributed by atoms with Gasteiger partial charge >= 0.3 is 0 Å². The van der Waals surface area contributed by atoms with Gasteiger partial charge in [-0.3, -0.25) is 9.59 Å². The summed E-state index contributed by atoms with van der Waals surface area (Å²) in [6.07, 6.45) is 9.43. The van der Waals surface area contributed by atoms with E-state index in [1.54, 1.807) is 0 Å². The van der Waals surface area contributed by atoms with E-state index in [0.29, 0.717) is 6.04 Å². The van der Waals surface area contributed by atoms with E-state index in [9.17, 15) is 9.59 Å². The van der Waals surface area contributed by atoms with Crippen molar-refractivity contribution in [3.05, 3.63) is 48.2 Å². The second-order valence-corrected chi connectivity index (χ2v) is 9.30. The number of amides is 2. The molecule has 2 aliphatic rings. The molecule has 1 saturated carbocycles. The molecular formula is C26H37N3O2. The molecule has 1 aromatic carbocycles. The van der Waals surface area contributed by atoms with Gasteiger partial charge < -0.3 is 14.8 Å². The van der Waals surface area contributed by atoms with Gasteiger partial charge in [-0.1, -0.05) is 62.9 Å². The number of aromatic nitrogens is 1. The van der Waals surface area contributed by atoms with Gasteiger partial charge in [0.05, 0.1) is 5.54 Å². The highest BCUT2D eigenvalue weighted by atomic mass is 16.2. The van der Waals surface area contributed by atoms with Gasteiger partial charge in [0.1, 0.15) is 5.69 Å². The Bertz CT molecular complexity index is 849. The first kappa shape index (κ1) is 23.1. The molecule has 2 amide bonds. The molecule has 5 heteroatoms. The Balaban J connectivity index is 0.000000229. The van der Waals surface area contributed by atoms with Crippen LogP contribution >= 0.6 is 0 Å². The average molecular weight is 424 g/mol. The van der Waals surface area contributed by atoms with Crippen LogP contribution in [0.2, 0.25) is 0 Å². The van der Waals surface area contributed by atoms with Crippen LogP contribution in [0.5, 0.6) is 0 Å². The summed E-state index contributed by atoms with van der Waals surface area (Å²) in [7, 11) is 0. The lowest BCUT2D eigenvalue weighted by molar-refractivity contribution is -0.110. The first-order valence-corrected chi connectivity index (χ1v) is 11.7. The van der Waals surface area contributed by atoms with E-state index in [0.717, 1.165) is 42.9 Å². The largest absolute Gasteiger partial charge is 0.356 e. The third-order valence-electron chi connectivity index (χ3n) is 6.40. The predicted octanol–water partition coefficient (Wildman–Crippen LogP) is 5.25. The molecule has 5 nitrogen and oxygen atoms in total. The zero-order valence-electron chi connectivity index (χ0n) is 19.3. The Kier molecular flexibility index (Phi) is 7.94. The Hall–Kier alpha value is -2.56. The number of hydrogen-bond acceptors (Lipinski definition) is 2. The summed E-state index contributed by atoms with van der Waals surface area (Å²) < 4.78 is 2.17. The number of rotatable bonds is 5. The second kappa shape index (κ2) is 10.7. The van der Waals surface area contributed by atoms with Gasteiger partial charge in [0.15, 0.2) is 0 Å². The van der Waals surface area contributed by atoms with Crippen LogP contribution in [-0.4, -0.2) is 39.9 Å². The molecule has 4 rings (SSSR count). The predicted molar refractivity (Wildman–Crippen MR) is 126 cm³/mol. The fourth-order valence-electron chi connectivity index (χ4n) is 4.74. The highest BCUT2D eigenvalue weighted by Gasteiger charge is 2.38. The van der Waals surface area contributed by atoms with Gasteiger partial charge in [0, 0.05) is 24.8 Å². The summed E-state index contributed by atoms with van der Waals surface area (Å²) in [6, 6.07) is 14.8. The number of fused-ring (bicyclic) bond motifs is 1. The summed E-state index contributed by atoms with van der Waals surface area (Å²) in [5.74, 6) is 0.148. The van der Waals surface area contributed by atoms with Gasteiger partial charge in [-0.15, -0.1) is 0 Å². The van der Waals surface area contributed by atoms with Crippen molar-refractivity contribution in [1.82, 2.24) is 14.8 Å². The minimum atomic E-state index is -0.150. The summed E-state index contributed by atoms with van der Waals surface area (Å²) in [4.78, 5) is 24.9. The summed E-state index contributed by atoms with van der Waals surface area (Å²) in [5.41, 5.74) is 2.95. The quantitative estimate of drug-likeness (QED) is 0.527. The lowest BCUT2D eigenvalue weighted by Gasteiger charge is -2.43. The zero-order chi connectivity index (χ0) is 22.3. The maximum Gasteiger partial charge on any atom is 0.270 e. The normalized spacial score (nSPS) is 18.4. The van der Waals surface area contributed by atoms with Crippen molar-refractivity contribution in [3.63, 3.8) is 0 Å². The van der Waals surface area contributed by atoms with Crippen molar-refractivity contribution in [2.45, 2.75) is 83.8 Å². The number of carbonyl (C=O) groups excluding carboxylic acids is 2. The Morgan fingerprint density at radius 2 is 1.65 bits per heavy atom. The molecule has 0 atom stereocenters. The first-order valence-electron chi connectivity index (χ1n) is 11.7. The molecule has 2 aromatic rings. The number of benzene rings is 1. The van der Waals surface area contributed by atoms with Gasteiger partial charge in [0.2, 0.25) is 6.41 Å². The molecule has 0 radical (unpaired) electrons. The van der Waals surface area contributed by atoms with E-state index >= 15 is 0 Å². The number of nitrogens with zero attached hydrogens (tertiary/aromatic N) is 2. The van der Waals surface area contributed by atoms with Crippen LogP contribution in [0.4, 0.5) is 0 Å². The van der Waals surface area contributed by atoms with E-state index in [4.69, 9.17) is 0 Å². The fourth-order valence-corrected chi connectivity index (χ4v) is 4.74. The van der Waals surface area contributed by atoms with Crippen molar-refractivity contribution in [2.24, 2.45) is 0 Å². The fraction of sp³-hybridized carbons (Fsp3) is 0.538. The van der Waals surface area contributed by atoms with Crippen LogP contribution in [0, 0.1) is 0 Å². The Labute approximate surface area is 186 Å². The van der Waals surface area contributed by atoms with Gasteiger partial charge in [-0.2, -0.15) is 0 Å². The molecule has 168 valence electrons. The van der Waals surface area contributed by atoms with Crippen LogP contribution < -0.4 is 5.32 Å². The van der Waals surface area contributed by atoms with E-state index in [1.165, 1.54) is 38.5 Å². The minimum Gasteiger partial charge on any atom is -0.356 e. The molecule has 1 aromatic heterocycles. The molecule has 31 heavy (non-hydrogen) atoms. The maximum absolute atomic E-state index is 12.8. The van der Waals surface area contributed by atoms with Gasteiger partial charge in [-0.25, -0.2) is 0 Å². The van der Waals surface area contributed by atoms with E-state index in [2.05, 4.69) is 48.9 Å². The highest BCUT2D eigenvalue weighted by Crippen LogP contribution is 2.32. The smallest absolute Gasteiger partial charge is 0.270 e. The van der Waals surface area contributed by atoms with Gasteiger partial charge in [-0.05, 0) is 50.8 Å². The summed E-state index contributed by atoms with van der Waals surface area (Å²) in [5, 5.41) is 2.84. The van der Waals surface area contributed by atoms with Crippen molar-refractivity contribution in [3.8, 4) is 11.3 Å². The lowest BCUT2D eigenvalue weighted by atomic mass is 9.98. The van der Waals surface area contributed by atoms with Crippen molar-refractivity contribution < 1.29 is 9.59 Å². The van der Waals surface area contributed by atoms with Crippen molar-refractivity contribution in [2.75, 3.05) is 6.54 Å². The molecular weight excluding hydrogens is 386 g/mol. The molecule has 2 heterocycles. The van der Waals surface area contributed by atoms with Crippen LogP contribution in [0.25, 0.3) is 11.3 Å². The molecule has 0 unspecified atom stereocenters. The standard InChI is InChI=1S/C18H22N2O.C8H15NO/c1-4-12-20-17(21)16-11-10-15(14-8-6-5-7-9-14)19(16)13-18(20,2)3;10-7-9-8-5-3-1-2-4-6-8/h5-11H,4,12-13H2,1-3H3;7-8H,1-6H2,(H,9,10). The van der Waals surface area contributed by atoms with Crippen LogP contribution in [0.3, 0.4) is 0 Å². The Morgan fingerprint density at radius 1 is 1.00 bits per heavy atom. The summed E-state index contributed by atoms with van der Waals surface area (Å²) >= 11 is 0. The topological polar surface area (TPSA) is 54.3 Å². The summed E-state index contributed by atoms with van der Waals surface area (Å²) in [6.45, 7) is 8.08. The molecule has 1 aliphatic heterocycles. The van der Waals surface area contributed by atoms with Crippen LogP contribution in [-0.2, 0) is 11.3 Å². The third-order valence-corrected chi connectivity index (χ3v) is 6.40. The zero-order valence-corrected chi connectivity index (χ0v) is 19.3. The monoisotopic (exact) mass is 423 g/mol. The number of carbonyl (C=O) groups is 2. The van der Waals surface area contributed by atoms with Crippen LogP contribution in [0.15, 0.2) is 42.5 Å². The van der Waals surface area contributed by atoms with E-state index in [-0.39, 0.29) is 11.4 Å².